The molecule has 5 nitrogen and oxygen atoms in total. The van der Waals surface area contributed by atoms with E-state index in [9.17, 15) is 9.59 Å². The van der Waals surface area contributed by atoms with Gasteiger partial charge in [0, 0.05) is 22.4 Å². The molecule has 0 aliphatic heterocycles. The predicted molar refractivity (Wildman–Crippen MR) is 129 cm³/mol. The standard InChI is InChI=1S/C27H22N2O3S/c28-26(30)21-11-9-19(10-12-21)18-33-23-15-13-22(14-16-23)27(31)32-25(20-6-2-1-3-7-20)24-8-4-5-17-29-24/h1-17,25H,18H2,(H2,28,30)/t25-/m0/s1. The van der Waals surface area contributed by atoms with Gasteiger partial charge in [-0.15, -0.1) is 11.8 Å². The SMILES string of the molecule is NC(=O)c1ccc(CSc2ccc(C(=O)O[C@@H](c3ccccc3)c3ccccn3)cc2)cc1. The lowest BCUT2D eigenvalue weighted by Gasteiger charge is -2.18. The van der Waals surface area contributed by atoms with E-state index in [-0.39, 0.29) is 0 Å². The zero-order valence-corrected chi connectivity index (χ0v) is 18.6. The summed E-state index contributed by atoms with van der Waals surface area (Å²) < 4.78 is 5.86. The van der Waals surface area contributed by atoms with Crippen molar-refractivity contribution in [3.05, 3.63) is 131 Å². The van der Waals surface area contributed by atoms with Crippen molar-refractivity contribution in [2.24, 2.45) is 5.73 Å². The third-order valence-corrected chi connectivity index (χ3v) is 6.10. The lowest BCUT2D eigenvalue weighted by Crippen LogP contribution is -2.14. The molecule has 1 heterocycles. The van der Waals surface area contributed by atoms with Gasteiger partial charge >= 0.3 is 5.97 Å². The first-order valence-corrected chi connectivity index (χ1v) is 11.4. The summed E-state index contributed by atoms with van der Waals surface area (Å²) >= 11 is 1.64. The van der Waals surface area contributed by atoms with E-state index in [1.807, 2.05) is 72.8 Å². The number of esters is 1. The zero-order valence-electron chi connectivity index (χ0n) is 17.8. The fourth-order valence-corrected chi connectivity index (χ4v) is 4.11. The number of hydrogen-bond donors (Lipinski definition) is 1. The Labute approximate surface area is 196 Å². The van der Waals surface area contributed by atoms with Crippen LogP contribution in [0.5, 0.6) is 0 Å². The zero-order chi connectivity index (χ0) is 23.0. The van der Waals surface area contributed by atoms with E-state index in [0.717, 1.165) is 21.8 Å². The summed E-state index contributed by atoms with van der Waals surface area (Å²) in [6.07, 6.45) is 1.10. The Morgan fingerprint density at radius 1 is 0.818 bits per heavy atom. The van der Waals surface area contributed by atoms with E-state index < -0.39 is 18.0 Å². The molecule has 6 heteroatoms. The Hall–Kier alpha value is -3.90. The Morgan fingerprint density at radius 3 is 2.12 bits per heavy atom. The summed E-state index contributed by atoms with van der Waals surface area (Å²) in [5.41, 5.74) is 8.86. The number of benzene rings is 3. The van der Waals surface area contributed by atoms with Crippen LogP contribution in [-0.2, 0) is 10.5 Å². The topological polar surface area (TPSA) is 82.3 Å². The number of carbonyl (C=O) groups excluding carboxylic acids is 2. The second-order valence-electron chi connectivity index (χ2n) is 7.32. The summed E-state index contributed by atoms with van der Waals surface area (Å²) in [7, 11) is 0. The first kappa shape index (κ1) is 22.3. The molecule has 4 aromatic rings. The van der Waals surface area contributed by atoms with Gasteiger partial charge in [0.2, 0.25) is 5.91 Å². The summed E-state index contributed by atoms with van der Waals surface area (Å²) in [5, 5.41) is 0. The minimum atomic E-state index is -0.586. The second kappa shape index (κ2) is 10.6. The molecule has 33 heavy (non-hydrogen) atoms. The number of thioether (sulfide) groups is 1. The normalized spacial score (nSPS) is 11.5. The van der Waals surface area contributed by atoms with Crippen LogP contribution in [0, 0.1) is 0 Å². The molecule has 164 valence electrons. The molecule has 0 aliphatic rings. The van der Waals surface area contributed by atoms with Crippen LogP contribution in [-0.4, -0.2) is 16.9 Å². The monoisotopic (exact) mass is 454 g/mol. The van der Waals surface area contributed by atoms with Crippen LogP contribution >= 0.6 is 11.8 Å². The first-order chi connectivity index (χ1) is 16.1. The van der Waals surface area contributed by atoms with Gasteiger partial charge in [-0.25, -0.2) is 4.79 Å². The summed E-state index contributed by atoms with van der Waals surface area (Å²) in [6, 6.07) is 29.7. The van der Waals surface area contributed by atoms with Crippen molar-refractivity contribution in [2.75, 3.05) is 0 Å². The summed E-state index contributed by atoms with van der Waals surface area (Å²) in [6.45, 7) is 0. The molecule has 0 saturated carbocycles. The summed E-state index contributed by atoms with van der Waals surface area (Å²) in [4.78, 5) is 29.5. The molecule has 1 amide bonds. The fourth-order valence-electron chi connectivity index (χ4n) is 3.25. The van der Waals surface area contributed by atoms with E-state index in [1.54, 1.807) is 42.2 Å². The molecular weight excluding hydrogens is 432 g/mol. The smallest absolute Gasteiger partial charge is 0.339 e. The van der Waals surface area contributed by atoms with Crippen molar-refractivity contribution in [3.8, 4) is 0 Å². The highest BCUT2D eigenvalue weighted by atomic mass is 32.2. The average Bonchev–Trinajstić information content (AvgIpc) is 2.87. The van der Waals surface area contributed by atoms with Gasteiger partial charge in [0.15, 0.2) is 6.10 Å². The highest BCUT2D eigenvalue weighted by Crippen LogP contribution is 2.27. The van der Waals surface area contributed by atoms with Crippen molar-refractivity contribution in [3.63, 3.8) is 0 Å². The highest BCUT2D eigenvalue weighted by Gasteiger charge is 2.21. The number of pyridine rings is 1. The highest BCUT2D eigenvalue weighted by molar-refractivity contribution is 7.98. The molecule has 0 unspecified atom stereocenters. The average molecular weight is 455 g/mol. The van der Waals surface area contributed by atoms with Crippen LogP contribution < -0.4 is 5.73 Å². The number of nitrogens with two attached hydrogens (primary N) is 1. The Bertz CT molecular complexity index is 1170. The van der Waals surface area contributed by atoms with Crippen LogP contribution in [0.3, 0.4) is 0 Å². The van der Waals surface area contributed by atoms with Crippen LogP contribution in [0.2, 0.25) is 0 Å². The molecule has 2 N–H and O–H groups in total. The van der Waals surface area contributed by atoms with E-state index in [1.165, 1.54) is 0 Å². The quantitative estimate of drug-likeness (QED) is 0.284. The minimum absolute atomic E-state index is 0.409. The van der Waals surface area contributed by atoms with E-state index in [2.05, 4.69) is 4.98 Å². The van der Waals surface area contributed by atoms with Crippen LogP contribution in [0.4, 0.5) is 0 Å². The molecule has 1 aromatic heterocycles. The lowest BCUT2D eigenvalue weighted by atomic mass is 10.1. The lowest BCUT2D eigenvalue weighted by molar-refractivity contribution is 0.0370. The van der Waals surface area contributed by atoms with Crippen molar-refractivity contribution in [1.29, 1.82) is 0 Å². The van der Waals surface area contributed by atoms with Gasteiger partial charge in [-0.05, 0) is 59.7 Å². The van der Waals surface area contributed by atoms with Crippen LogP contribution in [0.1, 0.15) is 43.6 Å². The molecule has 0 radical (unpaired) electrons. The van der Waals surface area contributed by atoms with Crippen LogP contribution in [0.15, 0.2) is 108 Å². The van der Waals surface area contributed by atoms with Gasteiger partial charge in [-0.3, -0.25) is 9.78 Å². The van der Waals surface area contributed by atoms with E-state index in [0.29, 0.717) is 16.8 Å². The summed E-state index contributed by atoms with van der Waals surface area (Å²) in [5.74, 6) is -0.110. The molecule has 4 rings (SSSR count). The molecule has 1 atom stereocenters. The number of ether oxygens (including phenoxy) is 1. The maximum atomic E-state index is 12.9. The number of nitrogens with zero attached hydrogens (tertiary/aromatic N) is 1. The van der Waals surface area contributed by atoms with Gasteiger partial charge in [0.25, 0.3) is 0 Å². The number of primary amides is 1. The second-order valence-corrected chi connectivity index (χ2v) is 8.37. The third kappa shape index (κ3) is 5.87. The number of carbonyl (C=O) groups is 2. The van der Waals surface area contributed by atoms with Gasteiger partial charge in [-0.1, -0.05) is 48.5 Å². The Balaban J connectivity index is 1.42. The van der Waals surface area contributed by atoms with Gasteiger partial charge in [-0.2, -0.15) is 0 Å². The maximum Gasteiger partial charge on any atom is 0.339 e. The molecule has 0 aliphatic carbocycles. The number of hydrogen-bond acceptors (Lipinski definition) is 5. The molecule has 0 fully saturated rings. The number of rotatable bonds is 8. The van der Waals surface area contributed by atoms with Crippen molar-refractivity contribution < 1.29 is 14.3 Å². The molecule has 0 bridgehead atoms. The van der Waals surface area contributed by atoms with E-state index in [4.69, 9.17) is 10.5 Å². The Morgan fingerprint density at radius 2 is 1.48 bits per heavy atom. The fraction of sp³-hybridized carbons (Fsp3) is 0.0741. The molecule has 0 spiro atoms. The number of amides is 1. The first-order valence-electron chi connectivity index (χ1n) is 10.4. The minimum Gasteiger partial charge on any atom is -0.447 e. The third-order valence-electron chi connectivity index (χ3n) is 5.02. The van der Waals surface area contributed by atoms with Crippen molar-refractivity contribution >= 4 is 23.6 Å². The number of aromatic nitrogens is 1. The largest absolute Gasteiger partial charge is 0.447 e. The van der Waals surface area contributed by atoms with Crippen molar-refractivity contribution in [1.82, 2.24) is 4.98 Å². The van der Waals surface area contributed by atoms with Crippen molar-refractivity contribution in [2.45, 2.75) is 16.8 Å². The van der Waals surface area contributed by atoms with Gasteiger partial charge in [0.1, 0.15) is 0 Å². The van der Waals surface area contributed by atoms with Gasteiger partial charge < -0.3 is 10.5 Å². The molecule has 0 saturated heterocycles. The van der Waals surface area contributed by atoms with E-state index >= 15 is 0 Å². The van der Waals surface area contributed by atoms with Crippen LogP contribution in [0.25, 0.3) is 0 Å². The van der Waals surface area contributed by atoms with Gasteiger partial charge in [0.05, 0.1) is 11.3 Å². The maximum absolute atomic E-state index is 12.9. The predicted octanol–water partition coefficient (Wildman–Crippen LogP) is 5.42. The molecule has 3 aromatic carbocycles. The Kier molecular flexibility index (Phi) is 7.17. The molecular formula is C27H22N2O3S.